The van der Waals surface area contributed by atoms with E-state index in [2.05, 4.69) is 15.4 Å². The SMILES string of the molecule is COC(=O)CNC(=O)c1ccc(NC(=O)COc2ccc(-c3ccccc3)cc2Cl)cc1. The Kier molecular flexibility index (Phi) is 7.83. The van der Waals surface area contributed by atoms with Crippen LogP contribution in [-0.2, 0) is 14.3 Å². The highest BCUT2D eigenvalue weighted by atomic mass is 35.5. The van der Waals surface area contributed by atoms with Gasteiger partial charge in [-0.3, -0.25) is 14.4 Å². The second-order valence-corrected chi connectivity index (χ2v) is 7.09. The predicted octanol–water partition coefficient (Wildman–Crippen LogP) is 3.93. The van der Waals surface area contributed by atoms with Gasteiger partial charge in [-0.25, -0.2) is 0 Å². The second-order valence-electron chi connectivity index (χ2n) is 6.68. The van der Waals surface area contributed by atoms with Gasteiger partial charge in [-0.2, -0.15) is 0 Å². The monoisotopic (exact) mass is 452 g/mol. The molecule has 32 heavy (non-hydrogen) atoms. The number of amides is 2. The zero-order valence-corrected chi connectivity index (χ0v) is 18.0. The van der Waals surface area contributed by atoms with Crippen LogP contribution in [0.15, 0.2) is 72.8 Å². The smallest absolute Gasteiger partial charge is 0.325 e. The molecule has 0 saturated carbocycles. The molecule has 0 aliphatic rings. The number of benzene rings is 3. The average molecular weight is 453 g/mol. The third-order valence-electron chi connectivity index (χ3n) is 4.45. The molecule has 2 N–H and O–H groups in total. The number of hydrogen-bond donors (Lipinski definition) is 2. The van der Waals surface area contributed by atoms with Gasteiger partial charge in [-0.05, 0) is 47.5 Å². The number of halogens is 1. The maximum atomic E-state index is 12.2. The average Bonchev–Trinajstić information content (AvgIpc) is 2.82. The maximum Gasteiger partial charge on any atom is 0.325 e. The summed E-state index contributed by atoms with van der Waals surface area (Å²) in [6.07, 6.45) is 0. The minimum atomic E-state index is -0.544. The molecule has 0 aliphatic carbocycles. The molecular formula is C24H21ClN2O5. The molecule has 7 nitrogen and oxygen atoms in total. The molecule has 0 unspecified atom stereocenters. The molecule has 0 fully saturated rings. The van der Waals surface area contributed by atoms with Crippen LogP contribution < -0.4 is 15.4 Å². The summed E-state index contributed by atoms with van der Waals surface area (Å²) in [5.74, 6) is -0.947. The van der Waals surface area contributed by atoms with Crippen LogP contribution in [0, 0.1) is 0 Å². The Balaban J connectivity index is 1.51. The van der Waals surface area contributed by atoms with Gasteiger partial charge in [0.05, 0.1) is 12.1 Å². The molecule has 0 spiro atoms. The Labute approximate surface area is 190 Å². The summed E-state index contributed by atoms with van der Waals surface area (Å²) in [5, 5.41) is 5.52. The Morgan fingerprint density at radius 2 is 1.62 bits per heavy atom. The summed E-state index contributed by atoms with van der Waals surface area (Å²) in [6, 6.07) is 21.4. The third-order valence-corrected chi connectivity index (χ3v) is 4.74. The van der Waals surface area contributed by atoms with Crippen molar-refractivity contribution < 1.29 is 23.9 Å². The number of rotatable bonds is 8. The number of carbonyl (C=O) groups is 3. The van der Waals surface area contributed by atoms with E-state index in [0.29, 0.717) is 22.0 Å². The molecule has 0 saturated heterocycles. The van der Waals surface area contributed by atoms with Gasteiger partial charge in [-0.1, -0.05) is 48.0 Å². The second kappa shape index (κ2) is 11.0. The summed E-state index contributed by atoms with van der Waals surface area (Å²) in [5.41, 5.74) is 2.81. The lowest BCUT2D eigenvalue weighted by atomic mass is 10.1. The zero-order chi connectivity index (χ0) is 22.9. The van der Waals surface area contributed by atoms with E-state index < -0.39 is 11.9 Å². The quantitative estimate of drug-likeness (QED) is 0.505. The molecule has 8 heteroatoms. The first-order chi connectivity index (χ1) is 15.5. The van der Waals surface area contributed by atoms with Crippen molar-refractivity contribution >= 4 is 35.1 Å². The van der Waals surface area contributed by atoms with Gasteiger partial charge < -0.3 is 20.1 Å². The van der Waals surface area contributed by atoms with Crippen molar-refractivity contribution in [2.75, 3.05) is 25.6 Å². The lowest BCUT2D eigenvalue weighted by Gasteiger charge is -2.11. The molecule has 0 atom stereocenters. The van der Waals surface area contributed by atoms with Crippen molar-refractivity contribution in [3.05, 3.63) is 83.4 Å². The number of carbonyl (C=O) groups excluding carboxylic acids is 3. The number of hydrogen-bond acceptors (Lipinski definition) is 5. The standard InChI is InChI=1S/C24H21ClN2O5/c1-31-23(29)14-26-24(30)17-7-10-19(11-8-17)27-22(28)15-32-21-12-9-18(13-20(21)25)16-5-3-2-4-6-16/h2-13H,14-15H2,1H3,(H,26,30)(H,27,28). The summed E-state index contributed by atoms with van der Waals surface area (Å²) >= 11 is 6.30. The fraction of sp³-hybridized carbons (Fsp3) is 0.125. The number of esters is 1. The maximum absolute atomic E-state index is 12.2. The van der Waals surface area contributed by atoms with E-state index in [1.165, 1.54) is 19.2 Å². The van der Waals surface area contributed by atoms with Gasteiger partial charge in [0.1, 0.15) is 12.3 Å². The highest BCUT2D eigenvalue weighted by Gasteiger charge is 2.10. The predicted molar refractivity (Wildman–Crippen MR) is 122 cm³/mol. The summed E-state index contributed by atoms with van der Waals surface area (Å²) in [6.45, 7) is -0.453. The first-order valence-electron chi connectivity index (χ1n) is 9.69. The first-order valence-corrected chi connectivity index (χ1v) is 10.1. The van der Waals surface area contributed by atoms with E-state index in [1.54, 1.807) is 24.3 Å². The van der Waals surface area contributed by atoms with Crippen LogP contribution in [-0.4, -0.2) is 38.0 Å². The summed E-state index contributed by atoms with van der Waals surface area (Å²) < 4.78 is 10.0. The minimum absolute atomic E-state index is 0.222. The van der Waals surface area contributed by atoms with Gasteiger partial charge in [0.25, 0.3) is 11.8 Å². The van der Waals surface area contributed by atoms with Crippen LogP contribution in [0.3, 0.4) is 0 Å². The summed E-state index contributed by atoms with van der Waals surface area (Å²) in [4.78, 5) is 35.3. The van der Waals surface area contributed by atoms with Crippen LogP contribution in [0.4, 0.5) is 5.69 Å². The van der Waals surface area contributed by atoms with Gasteiger partial charge in [0, 0.05) is 11.3 Å². The topological polar surface area (TPSA) is 93.7 Å². The van der Waals surface area contributed by atoms with Crippen molar-refractivity contribution in [3.8, 4) is 16.9 Å². The Hall–Kier alpha value is -3.84. The third kappa shape index (κ3) is 6.33. The van der Waals surface area contributed by atoms with Crippen molar-refractivity contribution in [2.24, 2.45) is 0 Å². The van der Waals surface area contributed by atoms with E-state index in [9.17, 15) is 14.4 Å². The van der Waals surface area contributed by atoms with Gasteiger partial charge in [0.15, 0.2) is 6.61 Å². The lowest BCUT2D eigenvalue weighted by molar-refractivity contribution is -0.139. The molecule has 0 aromatic heterocycles. The summed E-state index contributed by atoms with van der Waals surface area (Å²) in [7, 11) is 1.24. The fourth-order valence-corrected chi connectivity index (χ4v) is 3.04. The van der Waals surface area contributed by atoms with Gasteiger partial charge in [-0.15, -0.1) is 0 Å². The molecule has 0 radical (unpaired) electrons. The normalized spacial score (nSPS) is 10.2. The number of anilines is 1. The molecule has 0 bridgehead atoms. The molecule has 2 amide bonds. The fourth-order valence-electron chi connectivity index (χ4n) is 2.80. The van der Waals surface area contributed by atoms with E-state index in [-0.39, 0.29) is 19.1 Å². The molecular weight excluding hydrogens is 432 g/mol. The van der Waals surface area contributed by atoms with Crippen molar-refractivity contribution in [1.82, 2.24) is 5.32 Å². The van der Waals surface area contributed by atoms with Crippen molar-refractivity contribution in [2.45, 2.75) is 0 Å². The largest absolute Gasteiger partial charge is 0.482 e. The molecule has 0 heterocycles. The molecule has 3 aromatic rings. The van der Waals surface area contributed by atoms with Crippen LogP contribution in [0.2, 0.25) is 5.02 Å². The van der Waals surface area contributed by atoms with E-state index >= 15 is 0 Å². The van der Waals surface area contributed by atoms with E-state index in [1.807, 2.05) is 36.4 Å². The molecule has 3 rings (SSSR count). The van der Waals surface area contributed by atoms with Crippen LogP contribution >= 0.6 is 11.6 Å². The Bertz CT molecular complexity index is 1100. The highest BCUT2D eigenvalue weighted by molar-refractivity contribution is 6.32. The van der Waals surface area contributed by atoms with Crippen molar-refractivity contribution in [1.29, 1.82) is 0 Å². The minimum Gasteiger partial charge on any atom is -0.482 e. The van der Waals surface area contributed by atoms with Gasteiger partial charge >= 0.3 is 5.97 Å². The number of nitrogens with one attached hydrogen (secondary N) is 2. The molecule has 0 aliphatic heterocycles. The highest BCUT2D eigenvalue weighted by Crippen LogP contribution is 2.30. The first kappa shape index (κ1) is 22.8. The number of methoxy groups -OCH3 is 1. The Morgan fingerprint density at radius 1 is 0.906 bits per heavy atom. The van der Waals surface area contributed by atoms with Crippen molar-refractivity contribution in [3.63, 3.8) is 0 Å². The van der Waals surface area contributed by atoms with Gasteiger partial charge in [0.2, 0.25) is 0 Å². The molecule has 164 valence electrons. The molecule has 3 aromatic carbocycles. The number of ether oxygens (including phenoxy) is 2. The lowest BCUT2D eigenvalue weighted by Crippen LogP contribution is -2.30. The van der Waals surface area contributed by atoms with Crippen LogP contribution in [0.1, 0.15) is 10.4 Å². The van der Waals surface area contributed by atoms with Crippen LogP contribution in [0.25, 0.3) is 11.1 Å². The van der Waals surface area contributed by atoms with Crippen LogP contribution in [0.5, 0.6) is 5.75 Å². The zero-order valence-electron chi connectivity index (χ0n) is 17.3. The van der Waals surface area contributed by atoms with E-state index in [0.717, 1.165) is 11.1 Å². The van der Waals surface area contributed by atoms with E-state index in [4.69, 9.17) is 16.3 Å². The Morgan fingerprint density at radius 3 is 2.28 bits per heavy atom.